The SMILES string of the molecule is COCCNC1CCN(C(=O)[C@@H](NC(=O)[C@@H](Cc2ccccc2)C[C@H](O)[C@@H](Cc2ccccc2)NC(=O)OC(C)(C)C)C2CCCCC2)CC1. The number of benzene rings is 2. The fourth-order valence-corrected chi connectivity index (χ4v) is 7.23. The van der Waals surface area contributed by atoms with E-state index in [0.717, 1.165) is 62.6 Å². The standard InChI is InChI=1S/C40H60N4O6/c1-40(2,3)50-39(48)42-34(27-30-16-10-6-11-17-30)35(45)28-32(26-29-14-8-5-9-15-29)37(46)43-36(31-18-12-7-13-19-31)38(47)44-23-20-33(21-24-44)41-22-25-49-4/h5-6,8-11,14-17,31-36,41,45H,7,12-13,18-28H2,1-4H3,(H,42,48)(H,43,46)/t32-,34+,35-,36-/m0/s1. The van der Waals surface area contributed by atoms with Gasteiger partial charge >= 0.3 is 6.09 Å². The van der Waals surface area contributed by atoms with E-state index in [1.54, 1.807) is 27.9 Å². The number of alkyl carbamates (subject to hydrolysis) is 1. The summed E-state index contributed by atoms with van der Waals surface area (Å²) in [6.07, 6.45) is 5.90. The second kappa shape index (κ2) is 19.8. The zero-order valence-electron chi connectivity index (χ0n) is 30.6. The van der Waals surface area contributed by atoms with Gasteiger partial charge in [0.2, 0.25) is 11.8 Å². The summed E-state index contributed by atoms with van der Waals surface area (Å²) in [6.45, 7) is 8.10. The maximum Gasteiger partial charge on any atom is 0.407 e. The van der Waals surface area contributed by atoms with Crippen molar-refractivity contribution in [1.29, 1.82) is 0 Å². The Hall–Kier alpha value is -3.47. The molecule has 3 amide bonds. The minimum atomic E-state index is -1.06. The number of aliphatic hydroxyl groups is 1. The highest BCUT2D eigenvalue weighted by Crippen LogP contribution is 2.29. The average Bonchev–Trinajstić information content (AvgIpc) is 3.10. The Kier molecular flexibility index (Phi) is 15.6. The van der Waals surface area contributed by atoms with Crippen molar-refractivity contribution in [2.24, 2.45) is 11.8 Å². The first-order valence-electron chi connectivity index (χ1n) is 18.6. The summed E-state index contributed by atoms with van der Waals surface area (Å²) in [6, 6.07) is 18.4. The third-order valence-corrected chi connectivity index (χ3v) is 9.92. The molecule has 10 nitrogen and oxygen atoms in total. The van der Waals surface area contributed by atoms with Gasteiger partial charge in [-0.2, -0.15) is 0 Å². The molecule has 2 aromatic rings. The molecular formula is C40H60N4O6. The van der Waals surface area contributed by atoms with E-state index in [-0.39, 0.29) is 24.2 Å². The molecule has 2 fully saturated rings. The lowest BCUT2D eigenvalue weighted by Crippen LogP contribution is -2.56. The molecule has 0 spiro atoms. The Labute approximate surface area is 299 Å². The van der Waals surface area contributed by atoms with Crippen molar-refractivity contribution in [2.75, 3.05) is 33.4 Å². The molecule has 10 heteroatoms. The van der Waals surface area contributed by atoms with Crippen molar-refractivity contribution in [3.8, 4) is 0 Å². The van der Waals surface area contributed by atoms with Gasteiger partial charge in [-0.15, -0.1) is 0 Å². The lowest BCUT2D eigenvalue weighted by molar-refractivity contribution is -0.140. The van der Waals surface area contributed by atoms with Gasteiger partial charge in [0.25, 0.3) is 0 Å². The van der Waals surface area contributed by atoms with E-state index in [9.17, 15) is 19.5 Å². The van der Waals surface area contributed by atoms with E-state index in [2.05, 4.69) is 16.0 Å². The Balaban J connectivity index is 1.53. The number of nitrogens with zero attached hydrogens (tertiary/aromatic N) is 1. The van der Waals surface area contributed by atoms with Crippen LogP contribution in [-0.4, -0.2) is 91.1 Å². The average molecular weight is 693 g/mol. The number of amides is 3. The van der Waals surface area contributed by atoms with Crippen LogP contribution in [-0.2, 0) is 31.9 Å². The van der Waals surface area contributed by atoms with Crippen LogP contribution >= 0.6 is 0 Å². The summed E-state index contributed by atoms with van der Waals surface area (Å²) in [5.74, 6) is -0.822. The zero-order valence-corrected chi connectivity index (χ0v) is 30.6. The van der Waals surface area contributed by atoms with Gasteiger partial charge in [0.05, 0.1) is 18.8 Å². The highest BCUT2D eigenvalue weighted by molar-refractivity contribution is 5.89. The second-order valence-electron chi connectivity index (χ2n) is 15.1. The van der Waals surface area contributed by atoms with Gasteiger partial charge in [-0.3, -0.25) is 9.59 Å². The third kappa shape index (κ3) is 13.0. The normalized spacial score (nSPS) is 18.5. The number of aliphatic hydroxyl groups excluding tert-OH is 1. The van der Waals surface area contributed by atoms with Crippen LogP contribution in [0.2, 0.25) is 0 Å². The van der Waals surface area contributed by atoms with E-state index >= 15 is 0 Å². The smallest absolute Gasteiger partial charge is 0.407 e. The Morgan fingerprint density at radius 2 is 1.46 bits per heavy atom. The van der Waals surface area contributed by atoms with Crippen LogP contribution < -0.4 is 16.0 Å². The Bertz CT molecular complexity index is 1310. The molecule has 1 saturated heterocycles. The van der Waals surface area contributed by atoms with Crippen LogP contribution in [0.25, 0.3) is 0 Å². The summed E-state index contributed by atoms with van der Waals surface area (Å²) in [7, 11) is 1.69. The van der Waals surface area contributed by atoms with Gasteiger partial charge < -0.3 is 35.4 Å². The summed E-state index contributed by atoms with van der Waals surface area (Å²) in [4.78, 5) is 43.5. The molecule has 0 aromatic heterocycles. The number of carbonyl (C=O) groups is 3. The number of carbonyl (C=O) groups excluding carboxylic acids is 3. The lowest BCUT2D eigenvalue weighted by Gasteiger charge is -2.38. The van der Waals surface area contributed by atoms with Gasteiger partial charge in [0, 0.05) is 38.7 Å². The number of nitrogens with one attached hydrogen (secondary N) is 3. The van der Waals surface area contributed by atoms with Gasteiger partial charge in [-0.1, -0.05) is 79.9 Å². The number of hydrogen-bond acceptors (Lipinski definition) is 7. The minimum absolute atomic E-state index is 0.00634. The molecular weight excluding hydrogens is 632 g/mol. The fraction of sp³-hybridized carbons (Fsp3) is 0.625. The molecule has 0 unspecified atom stereocenters. The molecule has 4 atom stereocenters. The third-order valence-electron chi connectivity index (χ3n) is 9.92. The number of ether oxygens (including phenoxy) is 2. The zero-order chi connectivity index (χ0) is 35.9. The van der Waals surface area contributed by atoms with Gasteiger partial charge in [-0.05, 0) is 82.8 Å². The van der Waals surface area contributed by atoms with Gasteiger partial charge in [0.15, 0.2) is 0 Å². The molecule has 2 aromatic carbocycles. The molecule has 1 aliphatic carbocycles. The quantitative estimate of drug-likeness (QED) is 0.182. The van der Waals surface area contributed by atoms with Crippen LogP contribution in [0.4, 0.5) is 4.79 Å². The van der Waals surface area contributed by atoms with Crippen molar-refractivity contribution >= 4 is 17.9 Å². The first-order chi connectivity index (χ1) is 24.0. The van der Waals surface area contributed by atoms with Crippen molar-refractivity contribution in [2.45, 2.75) is 115 Å². The molecule has 4 N–H and O–H groups in total. The van der Waals surface area contributed by atoms with Crippen molar-refractivity contribution < 1.29 is 29.0 Å². The van der Waals surface area contributed by atoms with Crippen LogP contribution in [0.3, 0.4) is 0 Å². The van der Waals surface area contributed by atoms with Crippen LogP contribution in [0.15, 0.2) is 60.7 Å². The van der Waals surface area contributed by atoms with E-state index in [0.29, 0.717) is 38.6 Å². The van der Waals surface area contributed by atoms with Crippen molar-refractivity contribution in [1.82, 2.24) is 20.9 Å². The molecule has 1 heterocycles. The van der Waals surface area contributed by atoms with E-state index in [1.807, 2.05) is 65.6 Å². The molecule has 2 aliphatic rings. The second-order valence-corrected chi connectivity index (χ2v) is 15.1. The van der Waals surface area contributed by atoms with Crippen LogP contribution in [0.5, 0.6) is 0 Å². The summed E-state index contributed by atoms with van der Waals surface area (Å²) in [5, 5.41) is 21.4. The number of methoxy groups -OCH3 is 1. The van der Waals surface area contributed by atoms with Gasteiger partial charge in [-0.25, -0.2) is 4.79 Å². The molecule has 1 saturated carbocycles. The minimum Gasteiger partial charge on any atom is -0.444 e. The lowest BCUT2D eigenvalue weighted by atomic mass is 9.82. The molecule has 50 heavy (non-hydrogen) atoms. The van der Waals surface area contributed by atoms with Crippen LogP contribution in [0, 0.1) is 11.8 Å². The maximum absolute atomic E-state index is 14.4. The predicted octanol–water partition coefficient (Wildman–Crippen LogP) is 5.02. The van der Waals surface area contributed by atoms with Crippen molar-refractivity contribution in [3.63, 3.8) is 0 Å². The van der Waals surface area contributed by atoms with Crippen LogP contribution in [0.1, 0.15) is 83.3 Å². The van der Waals surface area contributed by atoms with Gasteiger partial charge in [0.1, 0.15) is 11.6 Å². The summed E-state index contributed by atoms with van der Waals surface area (Å²) >= 11 is 0. The van der Waals surface area contributed by atoms with E-state index in [1.165, 1.54) is 0 Å². The summed E-state index contributed by atoms with van der Waals surface area (Å²) < 4.78 is 10.7. The first-order valence-corrected chi connectivity index (χ1v) is 18.6. The predicted molar refractivity (Wildman–Crippen MR) is 196 cm³/mol. The molecule has 276 valence electrons. The highest BCUT2D eigenvalue weighted by Gasteiger charge is 2.37. The first kappa shape index (κ1) is 39.3. The maximum atomic E-state index is 14.4. The monoisotopic (exact) mass is 692 g/mol. The Morgan fingerprint density at radius 3 is 2.04 bits per heavy atom. The van der Waals surface area contributed by atoms with Crippen molar-refractivity contribution in [3.05, 3.63) is 71.8 Å². The van der Waals surface area contributed by atoms with E-state index in [4.69, 9.17) is 9.47 Å². The largest absolute Gasteiger partial charge is 0.444 e. The highest BCUT2D eigenvalue weighted by atomic mass is 16.6. The number of hydrogen-bond donors (Lipinski definition) is 4. The molecule has 0 bridgehead atoms. The van der Waals surface area contributed by atoms with E-state index < -0.39 is 35.8 Å². The number of likely N-dealkylation sites (tertiary alicyclic amines) is 1. The fourth-order valence-electron chi connectivity index (χ4n) is 7.23. The number of piperidine rings is 1. The number of rotatable bonds is 16. The summed E-state index contributed by atoms with van der Waals surface area (Å²) in [5.41, 5.74) is 1.19. The molecule has 1 aliphatic heterocycles. The topological polar surface area (TPSA) is 129 Å². The Morgan fingerprint density at radius 1 is 0.860 bits per heavy atom. The molecule has 4 rings (SSSR count). The molecule has 0 radical (unpaired) electrons.